The van der Waals surface area contributed by atoms with Gasteiger partial charge >= 0.3 is 0 Å². The Morgan fingerprint density at radius 1 is 1.11 bits per heavy atom. The minimum absolute atomic E-state index is 0.311. The highest BCUT2D eigenvalue weighted by atomic mass is 127. The van der Waals surface area contributed by atoms with Crippen molar-refractivity contribution in [2.45, 2.75) is 6.04 Å². The summed E-state index contributed by atoms with van der Waals surface area (Å²) in [4.78, 5) is 0. The van der Waals surface area contributed by atoms with Gasteiger partial charge in [0.2, 0.25) is 0 Å². The van der Waals surface area contributed by atoms with Crippen LogP contribution in [0.1, 0.15) is 17.2 Å². The fraction of sp³-hybridized carbons (Fsp3) is 0.0769. The fourth-order valence-corrected chi connectivity index (χ4v) is 2.77. The molecular weight excluding hydrogens is 385 g/mol. The van der Waals surface area contributed by atoms with E-state index in [1.165, 1.54) is 18.2 Å². The minimum atomic E-state index is -0.565. The van der Waals surface area contributed by atoms with Gasteiger partial charge in [-0.05, 0) is 52.4 Å². The van der Waals surface area contributed by atoms with Crippen LogP contribution in [0.3, 0.4) is 0 Å². The van der Waals surface area contributed by atoms with Crippen LogP contribution < -0.4 is 11.3 Å². The first-order valence-electron chi connectivity index (χ1n) is 5.39. The van der Waals surface area contributed by atoms with Gasteiger partial charge in [-0.25, -0.2) is 14.2 Å². The summed E-state index contributed by atoms with van der Waals surface area (Å²) < 4.78 is 27.7. The van der Waals surface area contributed by atoms with E-state index in [0.717, 1.165) is 0 Å². The van der Waals surface area contributed by atoms with E-state index in [0.29, 0.717) is 19.7 Å². The smallest absolute Gasteiger partial charge is 0.129 e. The zero-order valence-electron chi connectivity index (χ0n) is 9.63. The molecule has 1 atom stereocenters. The third-order valence-electron chi connectivity index (χ3n) is 2.71. The van der Waals surface area contributed by atoms with Crippen molar-refractivity contribution in [3.8, 4) is 0 Å². The molecule has 0 saturated carbocycles. The van der Waals surface area contributed by atoms with Crippen molar-refractivity contribution in [1.29, 1.82) is 0 Å². The van der Waals surface area contributed by atoms with Crippen molar-refractivity contribution >= 4 is 34.2 Å². The van der Waals surface area contributed by atoms with Crippen LogP contribution in [0, 0.1) is 15.2 Å². The Balaban J connectivity index is 2.50. The summed E-state index contributed by atoms with van der Waals surface area (Å²) in [5, 5.41) is 0.311. The lowest BCUT2D eigenvalue weighted by molar-refractivity contribution is 0.557. The molecule has 0 amide bonds. The second-order valence-corrected chi connectivity index (χ2v) is 5.53. The van der Waals surface area contributed by atoms with Crippen molar-refractivity contribution in [2.24, 2.45) is 5.84 Å². The first kappa shape index (κ1) is 14.6. The van der Waals surface area contributed by atoms with E-state index in [1.54, 1.807) is 18.2 Å². The lowest BCUT2D eigenvalue weighted by atomic mass is 9.99. The molecule has 3 N–H and O–H groups in total. The number of hydrogen-bond donors (Lipinski definition) is 2. The number of halogens is 4. The molecule has 2 aromatic carbocycles. The first-order chi connectivity index (χ1) is 9.02. The van der Waals surface area contributed by atoms with Crippen LogP contribution in [0.15, 0.2) is 36.4 Å². The van der Waals surface area contributed by atoms with E-state index in [2.05, 4.69) is 5.43 Å². The lowest BCUT2D eigenvalue weighted by Gasteiger charge is -2.19. The van der Waals surface area contributed by atoms with Gasteiger partial charge < -0.3 is 0 Å². The Kier molecular flexibility index (Phi) is 4.72. The zero-order chi connectivity index (χ0) is 14.0. The summed E-state index contributed by atoms with van der Waals surface area (Å²) in [5.41, 5.74) is 3.60. The molecule has 100 valence electrons. The molecule has 0 aliphatic heterocycles. The van der Waals surface area contributed by atoms with Crippen LogP contribution in [-0.2, 0) is 0 Å². The lowest BCUT2D eigenvalue weighted by Crippen LogP contribution is -2.30. The maximum atomic E-state index is 13.9. The molecule has 0 radical (unpaired) electrons. The number of hydrogen-bond acceptors (Lipinski definition) is 2. The van der Waals surface area contributed by atoms with Crippen LogP contribution in [0.4, 0.5) is 8.78 Å². The van der Waals surface area contributed by atoms with Crippen LogP contribution in [-0.4, -0.2) is 0 Å². The van der Waals surface area contributed by atoms with E-state index in [1.807, 2.05) is 22.6 Å². The molecule has 2 rings (SSSR count). The molecule has 0 spiro atoms. The predicted octanol–water partition coefficient (Wildman–Crippen LogP) is 3.78. The van der Waals surface area contributed by atoms with E-state index in [-0.39, 0.29) is 5.82 Å². The summed E-state index contributed by atoms with van der Waals surface area (Å²) >= 11 is 7.71. The predicted molar refractivity (Wildman–Crippen MR) is 79.7 cm³/mol. The van der Waals surface area contributed by atoms with Crippen LogP contribution in [0.5, 0.6) is 0 Å². The number of nitrogens with two attached hydrogens (primary N) is 1. The molecule has 2 nitrogen and oxygen atoms in total. The number of benzene rings is 2. The van der Waals surface area contributed by atoms with E-state index >= 15 is 0 Å². The van der Waals surface area contributed by atoms with E-state index < -0.39 is 11.9 Å². The summed E-state index contributed by atoms with van der Waals surface area (Å²) in [6, 6.07) is 8.06. The number of hydrazine groups is 1. The summed E-state index contributed by atoms with van der Waals surface area (Å²) in [7, 11) is 0. The number of rotatable bonds is 3. The summed E-state index contributed by atoms with van der Waals surface area (Å²) in [6.45, 7) is 0. The molecule has 0 aliphatic carbocycles. The maximum Gasteiger partial charge on any atom is 0.129 e. The molecular formula is C13H10ClF2IN2. The first-order valence-corrected chi connectivity index (χ1v) is 6.84. The largest absolute Gasteiger partial charge is 0.271 e. The molecule has 2 aromatic rings. The Labute approximate surface area is 128 Å². The highest BCUT2D eigenvalue weighted by Gasteiger charge is 2.19. The van der Waals surface area contributed by atoms with Gasteiger partial charge in [-0.1, -0.05) is 23.7 Å². The minimum Gasteiger partial charge on any atom is -0.271 e. The molecule has 0 aromatic heterocycles. The fourth-order valence-electron chi connectivity index (χ4n) is 1.82. The van der Waals surface area contributed by atoms with Crippen molar-refractivity contribution in [2.75, 3.05) is 0 Å². The van der Waals surface area contributed by atoms with Crippen molar-refractivity contribution < 1.29 is 8.78 Å². The Morgan fingerprint density at radius 2 is 1.79 bits per heavy atom. The quantitative estimate of drug-likeness (QED) is 0.472. The average molecular weight is 395 g/mol. The third-order valence-corrected chi connectivity index (χ3v) is 3.88. The van der Waals surface area contributed by atoms with Crippen LogP contribution in [0.25, 0.3) is 0 Å². The molecule has 0 fully saturated rings. The van der Waals surface area contributed by atoms with Gasteiger partial charge in [-0.15, -0.1) is 0 Å². The van der Waals surface area contributed by atoms with Crippen LogP contribution >= 0.6 is 34.2 Å². The monoisotopic (exact) mass is 394 g/mol. The van der Waals surface area contributed by atoms with E-state index in [9.17, 15) is 8.78 Å². The molecule has 0 heterocycles. The van der Waals surface area contributed by atoms with E-state index in [4.69, 9.17) is 17.4 Å². The Hall–Kier alpha value is -0.760. The third kappa shape index (κ3) is 3.22. The molecule has 0 aliphatic rings. The van der Waals surface area contributed by atoms with Gasteiger partial charge in [0.1, 0.15) is 11.6 Å². The van der Waals surface area contributed by atoms with Gasteiger partial charge in [0, 0.05) is 14.2 Å². The Morgan fingerprint density at radius 3 is 2.37 bits per heavy atom. The molecule has 0 bridgehead atoms. The zero-order valence-corrected chi connectivity index (χ0v) is 12.5. The van der Waals surface area contributed by atoms with Gasteiger partial charge in [0.15, 0.2) is 0 Å². The average Bonchev–Trinajstić information content (AvgIpc) is 2.34. The highest BCUT2D eigenvalue weighted by Crippen LogP contribution is 2.29. The number of nitrogens with one attached hydrogen (secondary N) is 1. The standard InChI is InChI=1S/C13H10ClF2IN2/c14-7-1-3-9(11(16)5-7)13(19-18)10-4-2-8(15)6-12(10)17/h1-6,13,19H,18H2. The molecule has 6 heteroatoms. The summed E-state index contributed by atoms with van der Waals surface area (Å²) in [5.74, 6) is 4.69. The Bertz CT molecular complexity index is 556. The maximum absolute atomic E-state index is 13.9. The molecule has 1 unspecified atom stereocenters. The second kappa shape index (κ2) is 6.13. The normalized spacial score (nSPS) is 12.5. The highest BCUT2D eigenvalue weighted by molar-refractivity contribution is 14.1. The van der Waals surface area contributed by atoms with Gasteiger partial charge in [0.05, 0.1) is 6.04 Å². The van der Waals surface area contributed by atoms with Gasteiger partial charge in [-0.2, -0.15) is 0 Å². The van der Waals surface area contributed by atoms with Crippen LogP contribution in [0.2, 0.25) is 5.02 Å². The van der Waals surface area contributed by atoms with Gasteiger partial charge in [-0.3, -0.25) is 5.84 Å². The topological polar surface area (TPSA) is 38.0 Å². The second-order valence-electron chi connectivity index (χ2n) is 3.93. The SMILES string of the molecule is NNC(c1ccc(Cl)cc1F)c1ccc(F)cc1I. The summed E-state index contributed by atoms with van der Waals surface area (Å²) in [6.07, 6.45) is 0. The van der Waals surface area contributed by atoms with Crippen molar-refractivity contribution in [3.63, 3.8) is 0 Å². The van der Waals surface area contributed by atoms with Crippen molar-refractivity contribution in [1.82, 2.24) is 5.43 Å². The van der Waals surface area contributed by atoms with Gasteiger partial charge in [0.25, 0.3) is 0 Å². The molecule has 0 saturated heterocycles. The van der Waals surface area contributed by atoms with Crippen molar-refractivity contribution in [3.05, 3.63) is 67.8 Å². The molecule has 19 heavy (non-hydrogen) atoms.